The van der Waals surface area contributed by atoms with E-state index in [1.165, 1.54) is 11.8 Å². The van der Waals surface area contributed by atoms with Crippen molar-refractivity contribution in [2.75, 3.05) is 13.7 Å². The lowest BCUT2D eigenvalue weighted by molar-refractivity contribution is -0.122. The number of benzene rings is 2. The first-order chi connectivity index (χ1) is 12.1. The van der Waals surface area contributed by atoms with Gasteiger partial charge in [0, 0.05) is 6.54 Å². The molecule has 1 amide bonds. The Morgan fingerprint density at radius 2 is 1.84 bits per heavy atom. The van der Waals surface area contributed by atoms with Gasteiger partial charge in [-0.25, -0.2) is 4.99 Å². The molecule has 6 heteroatoms. The smallest absolute Gasteiger partial charge is 0.266 e. The second-order valence-corrected chi connectivity index (χ2v) is 6.35. The summed E-state index contributed by atoms with van der Waals surface area (Å²) in [5.74, 6) is 0.900. The van der Waals surface area contributed by atoms with E-state index in [-0.39, 0.29) is 11.7 Å². The molecule has 0 aromatic heterocycles. The number of carbonyl (C=O) groups excluding carboxylic acids is 1. The van der Waals surface area contributed by atoms with E-state index < -0.39 is 0 Å². The standard InChI is InChI=1S/C19H18N2O3S/c1-3-21-18(23)17(12-13-4-8-15(22)9-5-13)25-19(21)20-14-6-10-16(24-2)11-7-14/h4-12,22H,3H2,1-2H3. The Morgan fingerprint density at radius 1 is 1.16 bits per heavy atom. The van der Waals surface area contributed by atoms with E-state index in [1.54, 1.807) is 36.3 Å². The Hall–Kier alpha value is -2.73. The molecule has 1 N–H and O–H groups in total. The van der Waals surface area contributed by atoms with Crippen LogP contribution in [0.25, 0.3) is 6.08 Å². The summed E-state index contributed by atoms with van der Waals surface area (Å²) in [5, 5.41) is 10.0. The van der Waals surface area contributed by atoms with Crippen LogP contribution in [0.5, 0.6) is 11.5 Å². The van der Waals surface area contributed by atoms with Gasteiger partial charge in [-0.2, -0.15) is 0 Å². The zero-order chi connectivity index (χ0) is 17.8. The molecule has 1 aliphatic rings. The van der Waals surface area contributed by atoms with E-state index in [4.69, 9.17) is 4.74 Å². The van der Waals surface area contributed by atoms with Gasteiger partial charge in [-0.3, -0.25) is 9.69 Å². The predicted octanol–water partition coefficient (Wildman–Crippen LogP) is 4.02. The summed E-state index contributed by atoms with van der Waals surface area (Å²) in [4.78, 5) is 19.5. The molecule has 1 heterocycles. The van der Waals surface area contributed by atoms with Crippen LogP contribution in [0.4, 0.5) is 5.69 Å². The molecule has 0 bridgehead atoms. The van der Waals surface area contributed by atoms with Gasteiger partial charge in [-0.05, 0) is 66.7 Å². The van der Waals surface area contributed by atoms with Gasteiger partial charge in [0.25, 0.3) is 5.91 Å². The average Bonchev–Trinajstić information content (AvgIpc) is 2.92. The van der Waals surface area contributed by atoms with Gasteiger partial charge in [-0.1, -0.05) is 12.1 Å². The summed E-state index contributed by atoms with van der Waals surface area (Å²) in [5.41, 5.74) is 1.62. The molecule has 0 atom stereocenters. The summed E-state index contributed by atoms with van der Waals surface area (Å²) in [6, 6.07) is 14.1. The van der Waals surface area contributed by atoms with Gasteiger partial charge < -0.3 is 9.84 Å². The molecule has 5 nitrogen and oxygen atoms in total. The van der Waals surface area contributed by atoms with Gasteiger partial charge in [0.1, 0.15) is 11.5 Å². The molecule has 0 unspecified atom stereocenters. The quantitative estimate of drug-likeness (QED) is 0.842. The number of phenolic OH excluding ortho intramolecular Hbond substituents is 1. The lowest BCUT2D eigenvalue weighted by atomic mass is 10.2. The fourth-order valence-electron chi connectivity index (χ4n) is 2.36. The van der Waals surface area contributed by atoms with Crippen LogP contribution in [0.15, 0.2) is 58.4 Å². The van der Waals surface area contributed by atoms with Gasteiger partial charge in [0.2, 0.25) is 0 Å². The summed E-state index contributed by atoms with van der Waals surface area (Å²) in [7, 11) is 1.62. The minimum Gasteiger partial charge on any atom is -0.508 e. The number of nitrogens with zero attached hydrogens (tertiary/aromatic N) is 2. The molecule has 3 rings (SSSR count). The van der Waals surface area contributed by atoms with Crippen molar-refractivity contribution in [3.8, 4) is 11.5 Å². The number of rotatable bonds is 4. The normalized spacial score (nSPS) is 17.5. The van der Waals surface area contributed by atoms with Crippen LogP contribution >= 0.6 is 11.8 Å². The number of hydrogen-bond donors (Lipinski definition) is 1. The summed E-state index contributed by atoms with van der Waals surface area (Å²) < 4.78 is 5.15. The maximum atomic E-state index is 12.6. The molecule has 0 radical (unpaired) electrons. The number of methoxy groups -OCH3 is 1. The topological polar surface area (TPSA) is 62.1 Å². The maximum Gasteiger partial charge on any atom is 0.266 e. The Balaban J connectivity index is 1.88. The first-order valence-electron chi connectivity index (χ1n) is 7.84. The summed E-state index contributed by atoms with van der Waals surface area (Å²) in [6.07, 6.45) is 1.81. The number of amides is 1. The van der Waals surface area contributed by atoms with Crippen molar-refractivity contribution in [1.29, 1.82) is 0 Å². The first kappa shape index (κ1) is 17.1. The van der Waals surface area contributed by atoms with E-state index >= 15 is 0 Å². The van der Waals surface area contributed by atoms with Gasteiger partial charge >= 0.3 is 0 Å². The number of ether oxygens (including phenoxy) is 1. The molecule has 0 saturated carbocycles. The summed E-state index contributed by atoms with van der Waals surface area (Å²) in [6.45, 7) is 2.47. The molecule has 1 saturated heterocycles. The fraction of sp³-hybridized carbons (Fsp3) is 0.158. The van der Waals surface area contributed by atoms with Crippen molar-refractivity contribution in [2.24, 2.45) is 4.99 Å². The number of carbonyl (C=O) groups is 1. The highest BCUT2D eigenvalue weighted by atomic mass is 32.2. The fourth-order valence-corrected chi connectivity index (χ4v) is 3.42. The third kappa shape index (κ3) is 3.85. The number of amidine groups is 1. The number of aliphatic imine (C=N–C) groups is 1. The van der Waals surface area contributed by atoms with E-state index in [0.717, 1.165) is 17.0 Å². The molecule has 128 valence electrons. The summed E-state index contributed by atoms with van der Waals surface area (Å²) >= 11 is 1.35. The molecule has 25 heavy (non-hydrogen) atoms. The molecule has 0 aliphatic carbocycles. The second-order valence-electron chi connectivity index (χ2n) is 5.34. The van der Waals surface area contributed by atoms with Crippen LogP contribution in [-0.4, -0.2) is 34.7 Å². The molecule has 1 fully saturated rings. The van der Waals surface area contributed by atoms with Crippen LogP contribution in [0, 0.1) is 0 Å². The van der Waals surface area contributed by atoms with Crippen LogP contribution in [0.2, 0.25) is 0 Å². The van der Waals surface area contributed by atoms with Crippen molar-refractivity contribution >= 4 is 34.6 Å². The third-order valence-corrected chi connectivity index (χ3v) is 4.70. The average molecular weight is 354 g/mol. The van der Waals surface area contributed by atoms with Gasteiger partial charge in [0.05, 0.1) is 17.7 Å². The van der Waals surface area contributed by atoms with Crippen molar-refractivity contribution in [2.45, 2.75) is 6.92 Å². The molecule has 2 aromatic carbocycles. The van der Waals surface area contributed by atoms with Crippen LogP contribution < -0.4 is 4.74 Å². The number of phenols is 1. The van der Waals surface area contributed by atoms with Crippen LogP contribution in [0.1, 0.15) is 12.5 Å². The highest BCUT2D eigenvalue weighted by molar-refractivity contribution is 8.18. The third-order valence-electron chi connectivity index (χ3n) is 3.69. The Kier molecular flexibility index (Phi) is 5.09. The monoisotopic (exact) mass is 354 g/mol. The molecular formula is C19H18N2O3S. The Bertz CT molecular complexity index is 827. The van der Waals surface area contributed by atoms with Crippen molar-refractivity contribution in [3.05, 3.63) is 59.0 Å². The number of thioether (sulfide) groups is 1. The zero-order valence-electron chi connectivity index (χ0n) is 14.0. The molecule has 0 spiro atoms. The molecular weight excluding hydrogens is 336 g/mol. The van der Waals surface area contributed by atoms with Crippen molar-refractivity contribution in [3.63, 3.8) is 0 Å². The second kappa shape index (κ2) is 7.44. The van der Waals surface area contributed by atoms with Crippen molar-refractivity contribution in [1.82, 2.24) is 4.90 Å². The van der Waals surface area contributed by atoms with E-state index in [9.17, 15) is 9.90 Å². The largest absolute Gasteiger partial charge is 0.508 e. The number of aromatic hydroxyl groups is 1. The predicted molar refractivity (Wildman–Crippen MR) is 101 cm³/mol. The first-order valence-corrected chi connectivity index (χ1v) is 8.65. The lowest BCUT2D eigenvalue weighted by Gasteiger charge is -2.12. The van der Waals surface area contributed by atoms with Crippen LogP contribution in [0.3, 0.4) is 0 Å². The SMILES string of the molecule is CCN1C(=O)C(=Cc2ccc(O)cc2)SC1=Nc1ccc(OC)cc1. The number of likely N-dealkylation sites (N-methyl/N-ethyl adjacent to an activating group) is 1. The van der Waals surface area contributed by atoms with Gasteiger partial charge in [0.15, 0.2) is 5.17 Å². The van der Waals surface area contributed by atoms with E-state index in [2.05, 4.69) is 4.99 Å². The highest BCUT2D eigenvalue weighted by Gasteiger charge is 2.32. The maximum absolute atomic E-state index is 12.6. The van der Waals surface area contributed by atoms with Crippen molar-refractivity contribution < 1.29 is 14.6 Å². The van der Waals surface area contributed by atoms with E-state index in [1.807, 2.05) is 37.3 Å². The lowest BCUT2D eigenvalue weighted by Crippen LogP contribution is -2.28. The minimum atomic E-state index is -0.0622. The van der Waals surface area contributed by atoms with E-state index in [0.29, 0.717) is 16.6 Å². The molecule has 2 aromatic rings. The minimum absolute atomic E-state index is 0.0622. The Morgan fingerprint density at radius 3 is 2.44 bits per heavy atom. The number of hydrogen-bond acceptors (Lipinski definition) is 5. The Labute approximate surface area is 150 Å². The zero-order valence-corrected chi connectivity index (χ0v) is 14.8. The van der Waals surface area contributed by atoms with Gasteiger partial charge in [-0.15, -0.1) is 0 Å². The van der Waals surface area contributed by atoms with Crippen LogP contribution in [-0.2, 0) is 4.79 Å². The molecule has 1 aliphatic heterocycles. The highest BCUT2D eigenvalue weighted by Crippen LogP contribution is 2.34.